The SMILES string of the molecule is CCNCc1c(C)cc(C)nc1N1CCOC(C)C1. The van der Waals surface area contributed by atoms with E-state index in [-0.39, 0.29) is 6.10 Å². The molecule has 1 fully saturated rings. The van der Waals surface area contributed by atoms with Gasteiger partial charge < -0.3 is 15.0 Å². The van der Waals surface area contributed by atoms with Crippen LogP contribution in [0.25, 0.3) is 0 Å². The summed E-state index contributed by atoms with van der Waals surface area (Å²) in [5.74, 6) is 1.13. The van der Waals surface area contributed by atoms with Crippen LogP contribution in [0.1, 0.15) is 30.7 Å². The molecule has 1 aliphatic heterocycles. The summed E-state index contributed by atoms with van der Waals surface area (Å²) in [7, 11) is 0. The van der Waals surface area contributed by atoms with Gasteiger partial charge in [-0.3, -0.25) is 0 Å². The van der Waals surface area contributed by atoms with Crippen molar-refractivity contribution in [3.05, 3.63) is 22.9 Å². The highest BCUT2D eigenvalue weighted by atomic mass is 16.5. The second kappa shape index (κ2) is 6.35. The molecule has 4 heteroatoms. The summed E-state index contributed by atoms with van der Waals surface area (Å²) in [6.07, 6.45) is 0.281. The molecular formula is C15H25N3O. The summed E-state index contributed by atoms with van der Waals surface area (Å²) < 4.78 is 5.63. The summed E-state index contributed by atoms with van der Waals surface area (Å²) in [5, 5.41) is 3.42. The van der Waals surface area contributed by atoms with Crippen LogP contribution in [0.2, 0.25) is 0 Å². The topological polar surface area (TPSA) is 37.4 Å². The Balaban J connectivity index is 2.30. The third-order valence-corrected chi connectivity index (χ3v) is 3.55. The number of nitrogens with one attached hydrogen (secondary N) is 1. The molecule has 106 valence electrons. The van der Waals surface area contributed by atoms with Crippen molar-refractivity contribution in [2.24, 2.45) is 0 Å². The van der Waals surface area contributed by atoms with Gasteiger partial charge in [-0.1, -0.05) is 6.92 Å². The van der Waals surface area contributed by atoms with E-state index >= 15 is 0 Å². The molecule has 0 aromatic carbocycles. The van der Waals surface area contributed by atoms with E-state index in [0.717, 1.165) is 44.3 Å². The fourth-order valence-corrected chi connectivity index (χ4v) is 2.58. The molecule has 1 atom stereocenters. The number of aromatic nitrogens is 1. The first-order chi connectivity index (χ1) is 9.11. The van der Waals surface area contributed by atoms with E-state index in [1.807, 2.05) is 0 Å². The van der Waals surface area contributed by atoms with Gasteiger partial charge in [0.2, 0.25) is 0 Å². The Hall–Kier alpha value is -1.13. The minimum atomic E-state index is 0.281. The molecule has 2 rings (SSSR count). The van der Waals surface area contributed by atoms with Crippen LogP contribution in [0.15, 0.2) is 6.07 Å². The Labute approximate surface area is 116 Å². The highest BCUT2D eigenvalue weighted by Gasteiger charge is 2.21. The van der Waals surface area contributed by atoms with E-state index in [1.165, 1.54) is 11.1 Å². The van der Waals surface area contributed by atoms with Crippen LogP contribution in [0.5, 0.6) is 0 Å². The molecule has 0 saturated carbocycles. The highest BCUT2D eigenvalue weighted by Crippen LogP contribution is 2.24. The van der Waals surface area contributed by atoms with Gasteiger partial charge in [0.25, 0.3) is 0 Å². The number of ether oxygens (including phenoxy) is 1. The van der Waals surface area contributed by atoms with Crippen molar-refractivity contribution in [1.29, 1.82) is 0 Å². The van der Waals surface area contributed by atoms with Crippen molar-refractivity contribution < 1.29 is 4.74 Å². The molecule has 0 spiro atoms. The van der Waals surface area contributed by atoms with Gasteiger partial charge in [-0.2, -0.15) is 0 Å². The average Bonchev–Trinajstić information content (AvgIpc) is 2.37. The van der Waals surface area contributed by atoms with E-state index in [0.29, 0.717) is 0 Å². The lowest BCUT2D eigenvalue weighted by Gasteiger charge is -2.34. The second-order valence-corrected chi connectivity index (χ2v) is 5.29. The predicted octanol–water partition coefficient (Wildman–Crippen LogP) is 2.03. The molecule has 1 saturated heterocycles. The maximum Gasteiger partial charge on any atom is 0.133 e. The Kier molecular flexibility index (Phi) is 4.77. The molecular weight excluding hydrogens is 238 g/mol. The van der Waals surface area contributed by atoms with Crippen molar-refractivity contribution in [3.63, 3.8) is 0 Å². The first-order valence-electron chi connectivity index (χ1n) is 7.16. The lowest BCUT2D eigenvalue weighted by molar-refractivity contribution is 0.0528. The number of nitrogens with zero attached hydrogens (tertiary/aromatic N) is 2. The number of anilines is 1. The number of aryl methyl sites for hydroxylation is 2. The minimum absolute atomic E-state index is 0.281. The van der Waals surface area contributed by atoms with Gasteiger partial charge in [-0.15, -0.1) is 0 Å². The smallest absolute Gasteiger partial charge is 0.133 e. The van der Waals surface area contributed by atoms with Gasteiger partial charge in [0.15, 0.2) is 0 Å². The van der Waals surface area contributed by atoms with Crippen molar-refractivity contribution in [2.45, 2.75) is 40.3 Å². The third kappa shape index (κ3) is 3.45. The Morgan fingerprint density at radius 3 is 2.95 bits per heavy atom. The zero-order chi connectivity index (χ0) is 13.8. The molecule has 2 heterocycles. The average molecular weight is 263 g/mol. The normalized spacial score (nSPS) is 19.8. The molecule has 1 N–H and O–H groups in total. The first-order valence-corrected chi connectivity index (χ1v) is 7.16. The Morgan fingerprint density at radius 1 is 1.47 bits per heavy atom. The van der Waals surface area contributed by atoms with Crippen LogP contribution in [0, 0.1) is 13.8 Å². The number of pyridine rings is 1. The molecule has 1 aromatic heterocycles. The highest BCUT2D eigenvalue weighted by molar-refractivity contribution is 5.52. The van der Waals surface area contributed by atoms with Gasteiger partial charge in [-0.05, 0) is 38.9 Å². The summed E-state index contributed by atoms with van der Waals surface area (Å²) in [6.45, 7) is 13.0. The van der Waals surface area contributed by atoms with E-state index in [2.05, 4.69) is 44.0 Å². The largest absolute Gasteiger partial charge is 0.375 e. The molecule has 1 aliphatic rings. The minimum Gasteiger partial charge on any atom is -0.375 e. The maximum absolute atomic E-state index is 5.63. The van der Waals surface area contributed by atoms with Crippen molar-refractivity contribution >= 4 is 5.82 Å². The standard InChI is InChI=1S/C15H25N3O/c1-5-16-9-14-11(2)8-12(3)17-15(14)18-6-7-19-13(4)10-18/h8,13,16H,5-7,9-10H2,1-4H3. The van der Waals surface area contributed by atoms with Gasteiger partial charge in [0.1, 0.15) is 5.82 Å². The monoisotopic (exact) mass is 263 g/mol. The quantitative estimate of drug-likeness (QED) is 0.902. The number of hydrogen-bond donors (Lipinski definition) is 1. The molecule has 0 amide bonds. The van der Waals surface area contributed by atoms with Gasteiger partial charge >= 0.3 is 0 Å². The summed E-state index contributed by atoms with van der Waals surface area (Å²) in [6, 6.07) is 2.17. The predicted molar refractivity (Wildman–Crippen MR) is 78.7 cm³/mol. The third-order valence-electron chi connectivity index (χ3n) is 3.55. The van der Waals surface area contributed by atoms with E-state index in [4.69, 9.17) is 9.72 Å². The fourth-order valence-electron chi connectivity index (χ4n) is 2.58. The van der Waals surface area contributed by atoms with Crippen LogP contribution in [0.3, 0.4) is 0 Å². The van der Waals surface area contributed by atoms with E-state index < -0.39 is 0 Å². The first kappa shape index (κ1) is 14.3. The van der Waals surface area contributed by atoms with Crippen LogP contribution in [-0.2, 0) is 11.3 Å². The second-order valence-electron chi connectivity index (χ2n) is 5.29. The van der Waals surface area contributed by atoms with Crippen molar-refractivity contribution in [3.8, 4) is 0 Å². The summed E-state index contributed by atoms with van der Waals surface area (Å²) in [5.41, 5.74) is 3.73. The van der Waals surface area contributed by atoms with Crippen LogP contribution in [0.4, 0.5) is 5.82 Å². The molecule has 0 bridgehead atoms. The number of rotatable bonds is 4. The number of hydrogen-bond acceptors (Lipinski definition) is 4. The van der Waals surface area contributed by atoms with Gasteiger partial charge in [0, 0.05) is 30.9 Å². The zero-order valence-electron chi connectivity index (χ0n) is 12.5. The van der Waals surface area contributed by atoms with Crippen LogP contribution in [-0.4, -0.2) is 37.3 Å². The lowest BCUT2D eigenvalue weighted by Crippen LogP contribution is -2.42. The van der Waals surface area contributed by atoms with E-state index in [1.54, 1.807) is 0 Å². The zero-order valence-corrected chi connectivity index (χ0v) is 12.5. The lowest BCUT2D eigenvalue weighted by atomic mass is 10.1. The van der Waals surface area contributed by atoms with E-state index in [9.17, 15) is 0 Å². The molecule has 0 aliphatic carbocycles. The summed E-state index contributed by atoms with van der Waals surface area (Å²) >= 11 is 0. The van der Waals surface area contributed by atoms with Crippen molar-refractivity contribution in [1.82, 2.24) is 10.3 Å². The van der Waals surface area contributed by atoms with Crippen LogP contribution < -0.4 is 10.2 Å². The molecule has 0 radical (unpaired) electrons. The fraction of sp³-hybridized carbons (Fsp3) is 0.667. The van der Waals surface area contributed by atoms with Gasteiger partial charge in [-0.25, -0.2) is 4.98 Å². The van der Waals surface area contributed by atoms with Gasteiger partial charge in [0.05, 0.1) is 12.7 Å². The number of morpholine rings is 1. The molecule has 4 nitrogen and oxygen atoms in total. The molecule has 1 unspecified atom stereocenters. The maximum atomic E-state index is 5.63. The molecule has 1 aromatic rings. The molecule has 19 heavy (non-hydrogen) atoms. The van der Waals surface area contributed by atoms with Crippen LogP contribution >= 0.6 is 0 Å². The van der Waals surface area contributed by atoms with Crippen molar-refractivity contribution in [2.75, 3.05) is 31.1 Å². The summed E-state index contributed by atoms with van der Waals surface area (Å²) in [4.78, 5) is 7.14. The Morgan fingerprint density at radius 2 is 2.26 bits per heavy atom. The Bertz CT molecular complexity index is 434.